The first-order chi connectivity index (χ1) is 9.83. The predicted molar refractivity (Wildman–Crippen MR) is 79.0 cm³/mol. The van der Waals surface area contributed by atoms with Crippen LogP contribution in [0, 0.1) is 11.8 Å². The van der Waals surface area contributed by atoms with E-state index in [4.69, 9.17) is 21.1 Å². The lowest BCUT2D eigenvalue weighted by Gasteiger charge is -2.40. The number of piperidine rings is 1. The molecular weight excluding hydrogens is 294 g/mol. The van der Waals surface area contributed by atoms with Crippen molar-refractivity contribution in [2.75, 3.05) is 12.6 Å². The van der Waals surface area contributed by atoms with E-state index in [9.17, 15) is 9.59 Å². The van der Waals surface area contributed by atoms with E-state index in [1.54, 1.807) is 4.90 Å². The maximum atomic E-state index is 12.4. The highest BCUT2D eigenvalue weighted by atomic mass is 35.5. The molecule has 2 atom stereocenters. The van der Waals surface area contributed by atoms with E-state index in [0.717, 1.165) is 25.7 Å². The Kier molecular flexibility index (Phi) is 5.02. The largest absolute Gasteiger partial charge is 0.449 e. The van der Waals surface area contributed by atoms with Gasteiger partial charge in [-0.3, -0.25) is 4.79 Å². The Labute approximate surface area is 130 Å². The number of carbonyl (C=O) groups is 2. The van der Waals surface area contributed by atoms with Gasteiger partial charge in [0.25, 0.3) is 0 Å². The molecule has 1 heterocycles. The van der Waals surface area contributed by atoms with Crippen molar-refractivity contribution in [2.45, 2.75) is 58.1 Å². The Hall–Kier alpha value is -0.970. The Morgan fingerprint density at radius 2 is 1.90 bits per heavy atom. The highest BCUT2D eigenvalue weighted by molar-refractivity contribution is 6.17. The van der Waals surface area contributed by atoms with E-state index < -0.39 is 5.60 Å². The number of nitrogens with zero attached hydrogens (tertiary/aromatic N) is 1. The van der Waals surface area contributed by atoms with Crippen LogP contribution in [0.5, 0.6) is 0 Å². The summed E-state index contributed by atoms with van der Waals surface area (Å²) in [6.45, 7) is 6.18. The maximum Gasteiger partial charge on any atom is 0.410 e. The summed E-state index contributed by atoms with van der Waals surface area (Å²) in [5, 5.41) is 0. The molecule has 0 aromatic carbocycles. The van der Waals surface area contributed by atoms with Crippen LogP contribution >= 0.6 is 11.6 Å². The number of rotatable bonds is 3. The highest BCUT2D eigenvalue weighted by Crippen LogP contribution is 2.43. The van der Waals surface area contributed by atoms with Crippen molar-refractivity contribution in [1.29, 1.82) is 0 Å². The van der Waals surface area contributed by atoms with E-state index in [1.807, 2.05) is 20.8 Å². The molecule has 0 aromatic rings. The number of likely N-dealkylation sites (tertiary alicyclic amines) is 1. The number of ether oxygens (including phenoxy) is 2. The molecule has 0 unspecified atom stereocenters. The Bertz CT molecular complexity index is 403. The molecule has 0 radical (unpaired) electrons. The number of carbonyl (C=O) groups excluding carboxylic acids is 2. The molecule has 1 aliphatic heterocycles. The molecule has 2 aliphatic rings. The third-order valence-electron chi connectivity index (χ3n) is 3.92. The summed E-state index contributed by atoms with van der Waals surface area (Å²) >= 11 is 5.50. The van der Waals surface area contributed by atoms with Crippen molar-refractivity contribution in [1.82, 2.24) is 4.90 Å². The minimum atomic E-state index is -0.533. The van der Waals surface area contributed by atoms with E-state index in [-0.39, 0.29) is 30.1 Å². The van der Waals surface area contributed by atoms with Crippen molar-refractivity contribution in [3.63, 3.8) is 0 Å². The fourth-order valence-electron chi connectivity index (χ4n) is 2.99. The zero-order chi connectivity index (χ0) is 15.6. The van der Waals surface area contributed by atoms with Crippen molar-refractivity contribution in [3.8, 4) is 0 Å². The molecule has 2 fully saturated rings. The van der Waals surface area contributed by atoms with Crippen LogP contribution < -0.4 is 0 Å². The number of halogens is 1. The average Bonchev–Trinajstić information content (AvgIpc) is 3.20. The molecule has 0 spiro atoms. The van der Waals surface area contributed by atoms with Gasteiger partial charge in [-0.15, -0.1) is 0 Å². The number of esters is 1. The van der Waals surface area contributed by atoms with Crippen molar-refractivity contribution < 1.29 is 19.1 Å². The van der Waals surface area contributed by atoms with Crippen LogP contribution in [-0.2, 0) is 14.3 Å². The molecule has 1 aliphatic carbocycles. The predicted octanol–water partition coefficient (Wildman–Crippen LogP) is 3.15. The van der Waals surface area contributed by atoms with Gasteiger partial charge < -0.3 is 14.4 Å². The number of amides is 1. The van der Waals surface area contributed by atoms with Gasteiger partial charge in [-0.05, 0) is 52.4 Å². The molecule has 2 rings (SSSR count). The lowest BCUT2D eigenvalue weighted by Crippen LogP contribution is -2.53. The molecule has 1 saturated carbocycles. The lowest BCUT2D eigenvalue weighted by molar-refractivity contribution is -0.151. The summed E-state index contributed by atoms with van der Waals surface area (Å²) in [7, 11) is 0. The summed E-state index contributed by atoms with van der Waals surface area (Å²) in [5.41, 5.74) is -0.533. The smallest absolute Gasteiger partial charge is 0.410 e. The molecule has 1 amide bonds. The first kappa shape index (κ1) is 16.4. The number of hydrogen-bond acceptors (Lipinski definition) is 4. The van der Waals surface area contributed by atoms with Crippen LogP contribution in [0.4, 0.5) is 4.79 Å². The second-order valence-electron chi connectivity index (χ2n) is 6.82. The molecule has 1 saturated heterocycles. The third kappa shape index (κ3) is 4.25. The second-order valence-corrected chi connectivity index (χ2v) is 7.04. The molecule has 6 heteroatoms. The van der Waals surface area contributed by atoms with E-state index in [0.29, 0.717) is 12.5 Å². The van der Waals surface area contributed by atoms with Gasteiger partial charge in [-0.2, -0.15) is 0 Å². The third-order valence-corrected chi connectivity index (χ3v) is 4.03. The number of hydrogen-bond donors (Lipinski definition) is 0. The van der Waals surface area contributed by atoms with Crippen LogP contribution in [0.1, 0.15) is 46.5 Å². The van der Waals surface area contributed by atoms with E-state index >= 15 is 0 Å². The quantitative estimate of drug-likeness (QED) is 0.592. The maximum absolute atomic E-state index is 12.4. The summed E-state index contributed by atoms with van der Waals surface area (Å²) in [4.78, 5) is 26.2. The standard InChI is InChI=1S/C15H24ClNO4/c1-15(2,3)21-14(19)17-8-4-5-11(13(18)20-9-16)12(17)10-6-7-10/h10-12H,4-9H2,1-3H3/t11-,12-/m1/s1. The first-order valence-electron chi connectivity index (χ1n) is 7.55. The van der Waals surface area contributed by atoms with Crippen molar-refractivity contribution in [3.05, 3.63) is 0 Å². The minimum Gasteiger partial charge on any atom is -0.449 e. The van der Waals surface area contributed by atoms with Gasteiger partial charge in [0.05, 0.1) is 12.0 Å². The van der Waals surface area contributed by atoms with Crippen molar-refractivity contribution >= 4 is 23.7 Å². The lowest BCUT2D eigenvalue weighted by atomic mass is 9.86. The first-order valence-corrected chi connectivity index (χ1v) is 8.09. The van der Waals surface area contributed by atoms with E-state index in [1.165, 1.54) is 0 Å². The molecular formula is C15H24ClNO4. The minimum absolute atomic E-state index is 0.107. The zero-order valence-corrected chi connectivity index (χ0v) is 13.7. The monoisotopic (exact) mass is 317 g/mol. The summed E-state index contributed by atoms with van der Waals surface area (Å²) in [6.07, 6.45) is 3.30. The Morgan fingerprint density at radius 1 is 1.24 bits per heavy atom. The topological polar surface area (TPSA) is 55.8 Å². The zero-order valence-electron chi connectivity index (χ0n) is 12.9. The van der Waals surface area contributed by atoms with E-state index in [2.05, 4.69) is 0 Å². The Balaban J connectivity index is 2.12. The molecule has 0 aromatic heterocycles. The fourth-order valence-corrected chi connectivity index (χ4v) is 3.10. The van der Waals surface area contributed by atoms with Crippen LogP contribution in [0.2, 0.25) is 0 Å². The van der Waals surface area contributed by atoms with Crippen LogP contribution in [0.25, 0.3) is 0 Å². The average molecular weight is 318 g/mol. The van der Waals surface area contributed by atoms with Crippen LogP contribution in [0.15, 0.2) is 0 Å². The normalized spacial score (nSPS) is 26.4. The van der Waals surface area contributed by atoms with Gasteiger partial charge in [0.15, 0.2) is 6.07 Å². The van der Waals surface area contributed by atoms with Crippen LogP contribution in [-0.4, -0.2) is 41.2 Å². The Morgan fingerprint density at radius 3 is 2.43 bits per heavy atom. The van der Waals surface area contributed by atoms with Gasteiger partial charge >= 0.3 is 12.1 Å². The molecule has 0 bridgehead atoms. The number of alkyl halides is 1. The molecule has 21 heavy (non-hydrogen) atoms. The van der Waals surface area contributed by atoms with Gasteiger partial charge in [0, 0.05) is 6.54 Å². The summed E-state index contributed by atoms with van der Waals surface area (Å²) in [5.74, 6) is -0.196. The summed E-state index contributed by atoms with van der Waals surface area (Å²) in [6, 6.07) is -0.247. The molecule has 120 valence electrons. The molecule has 5 nitrogen and oxygen atoms in total. The van der Waals surface area contributed by atoms with Gasteiger partial charge in [-0.1, -0.05) is 11.6 Å². The molecule has 0 N–H and O–H groups in total. The van der Waals surface area contributed by atoms with Gasteiger partial charge in [-0.25, -0.2) is 4.79 Å². The SMILES string of the molecule is CC(C)(C)OC(=O)N1CCC[C@@H](C(=O)OCCl)[C@H]1C1CC1. The highest BCUT2D eigenvalue weighted by Gasteiger charge is 2.48. The second kappa shape index (κ2) is 6.42. The van der Waals surface area contributed by atoms with Gasteiger partial charge in [0.1, 0.15) is 5.60 Å². The van der Waals surface area contributed by atoms with Crippen molar-refractivity contribution in [2.24, 2.45) is 11.8 Å². The summed E-state index contributed by atoms with van der Waals surface area (Å²) < 4.78 is 10.4. The fraction of sp³-hybridized carbons (Fsp3) is 0.867. The van der Waals surface area contributed by atoms with Crippen LogP contribution in [0.3, 0.4) is 0 Å². The van der Waals surface area contributed by atoms with Gasteiger partial charge in [0.2, 0.25) is 0 Å².